The first-order chi connectivity index (χ1) is 13.1. The summed E-state index contributed by atoms with van der Waals surface area (Å²) < 4.78 is 1.08. The highest BCUT2D eigenvalue weighted by Crippen LogP contribution is 2.25. The molecule has 1 aliphatic heterocycles. The van der Waals surface area contributed by atoms with E-state index in [-0.39, 0.29) is 18.0 Å². The van der Waals surface area contributed by atoms with Crippen LogP contribution in [0.1, 0.15) is 35.1 Å². The minimum absolute atomic E-state index is 0.0214. The molecule has 6 heteroatoms. The maximum absolute atomic E-state index is 12.4. The van der Waals surface area contributed by atoms with E-state index in [0.717, 1.165) is 47.0 Å². The van der Waals surface area contributed by atoms with Gasteiger partial charge in [0.15, 0.2) is 0 Å². The number of anilines is 1. The van der Waals surface area contributed by atoms with Gasteiger partial charge in [0.1, 0.15) is 0 Å². The van der Waals surface area contributed by atoms with Crippen LogP contribution in [0.15, 0.2) is 40.9 Å². The lowest BCUT2D eigenvalue weighted by atomic mass is 10.0. The summed E-state index contributed by atoms with van der Waals surface area (Å²) in [6.45, 7) is 0.447. The summed E-state index contributed by atoms with van der Waals surface area (Å²) in [7, 11) is 0. The second-order valence-electron chi connectivity index (χ2n) is 7.25. The van der Waals surface area contributed by atoms with Crippen molar-refractivity contribution in [3.63, 3.8) is 0 Å². The lowest BCUT2D eigenvalue weighted by molar-refractivity contribution is -0.115. The number of halogens is 1. The Labute approximate surface area is 167 Å². The normalized spacial score (nSPS) is 18.1. The van der Waals surface area contributed by atoms with Gasteiger partial charge in [-0.1, -0.05) is 34.1 Å². The number of hydrogen-bond acceptors (Lipinski definition) is 2. The van der Waals surface area contributed by atoms with Crippen LogP contribution in [0.25, 0.3) is 0 Å². The molecule has 0 spiro atoms. The lowest BCUT2D eigenvalue weighted by Crippen LogP contribution is -2.42. The highest BCUT2D eigenvalue weighted by atomic mass is 79.9. The van der Waals surface area contributed by atoms with Gasteiger partial charge in [-0.2, -0.15) is 0 Å². The molecule has 4 rings (SSSR count). The molecule has 1 heterocycles. The molecule has 0 radical (unpaired) electrons. The number of hydrogen-bond donors (Lipinski definition) is 3. The fourth-order valence-electron chi connectivity index (χ4n) is 3.87. The van der Waals surface area contributed by atoms with Gasteiger partial charge in [0.05, 0.1) is 6.42 Å². The van der Waals surface area contributed by atoms with E-state index < -0.39 is 0 Å². The maximum atomic E-state index is 12.4. The molecule has 0 bridgehead atoms. The fourth-order valence-corrected chi connectivity index (χ4v) is 4.28. The monoisotopic (exact) mass is 427 g/mol. The van der Waals surface area contributed by atoms with Gasteiger partial charge in [0.25, 0.3) is 0 Å². The van der Waals surface area contributed by atoms with Crippen molar-refractivity contribution >= 4 is 33.6 Å². The predicted molar refractivity (Wildman–Crippen MR) is 109 cm³/mol. The SMILES string of the molecule is O=C1Cc2cc(CNC(=O)NC3CCCc4ccc(Br)cc4C3)ccc2N1. The molecule has 1 aliphatic carbocycles. The first-order valence-corrected chi connectivity index (χ1v) is 10.1. The number of aryl methyl sites for hydroxylation is 1. The van der Waals surface area contributed by atoms with Gasteiger partial charge in [-0.15, -0.1) is 0 Å². The smallest absolute Gasteiger partial charge is 0.315 e. The Bertz CT molecular complexity index is 897. The van der Waals surface area contributed by atoms with E-state index in [2.05, 4.69) is 50.1 Å². The van der Waals surface area contributed by atoms with Crippen molar-refractivity contribution in [1.29, 1.82) is 0 Å². The number of nitrogens with one attached hydrogen (secondary N) is 3. The van der Waals surface area contributed by atoms with E-state index in [1.807, 2.05) is 18.2 Å². The molecule has 0 saturated heterocycles. The quantitative estimate of drug-likeness (QED) is 0.653. The third-order valence-electron chi connectivity index (χ3n) is 5.22. The molecule has 27 heavy (non-hydrogen) atoms. The molecule has 1 unspecified atom stereocenters. The van der Waals surface area contributed by atoms with E-state index in [9.17, 15) is 9.59 Å². The van der Waals surface area contributed by atoms with Gasteiger partial charge >= 0.3 is 6.03 Å². The van der Waals surface area contributed by atoms with E-state index in [0.29, 0.717) is 13.0 Å². The van der Waals surface area contributed by atoms with Gasteiger partial charge in [0.2, 0.25) is 5.91 Å². The van der Waals surface area contributed by atoms with Gasteiger partial charge in [-0.25, -0.2) is 4.79 Å². The number of benzene rings is 2. The van der Waals surface area contributed by atoms with Crippen LogP contribution in [0.5, 0.6) is 0 Å². The molecule has 0 aromatic heterocycles. The van der Waals surface area contributed by atoms with Crippen molar-refractivity contribution in [2.24, 2.45) is 0 Å². The molecule has 0 fully saturated rings. The van der Waals surface area contributed by atoms with E-state index in [4.69, 9.17) is 0 Å². The van der Waals surface area contributed by atoms with Gasteiger partial charge in [-0.3, -0.25) is 4.79 Å². The third-order valence-corrected chi connectivity index (χ3v) is 5.71. The summed E-state index contributed by atoms with van der Waals surface area (Å²) in [6.07, 6.45) is 4.38. The second-order valence-corrected chi connectivity index (χ2v) is 8.17. The van der Waals surface area contributed by atoms with Crippen LogP contribution >= 0.6 is 15.9 Å². The Morgan fingerprint density at radius 3 is 2.93 bits per heavy atom. The molecule has 5 nitrogen and oxygen atoms in total. The van der Waals surface area contributed by atoms with E-state index >= 15 is 0 Å². The number of carbonyl (C=O) groups is 2. The minimum atomic E-state index is -0.145. The first-order valence-electron chi connectivity index (χ1n) is 9.30. The first kappa shape index (κ1) is 18.0. The Kier molecular flexibility index (Phi) is 5.16. The Hall–Kier alpha value is -2.34. The van der Waals surface area contributed by atoms with Gasteiger partial charge in [0, 0.05) is 22.7 Å². The average molecular weight is 428 g/mol. The number of urea groups is 1. The molecule has 3 amide bonds. The average Bonchev–Trinajstić information content (AvgIpc) is 2.89. The molecule has 2 aliphatic rings. The van der Waals surface area contributed by atoms with Crippen LogP contribution in [0.4, 0.5) is 10.5 Å². The molecular formula is C21H22BrN3O2. The molecule has 3 N–H and O–H groups in total. The van der Waals surface area contributed by atoms with Crippen molar-refractivity contribution in [2.75, 3.05) is 5.32 Å². The second kappa shape index (κ2) is 7.72. The summed E-state index contributed by atoms with van der Waals surface area (Å²) in [5.41, 5.74) is 5.55. The summed E-state index contributed by atoms with van der Waals surface area (Å²) in [5, 5.41) is 8.88. The van der Waals surface area contributed by atoms with Crippen LogP contribution in [-0.2, 0) is 30.6 Å². The van der Waals surface area contributed by atoms with Crippen molar-refractivity contribution in [2.45, 2.75) is 44.7 Å². The maximum Gasteiger partial charge on any atom is 0.315 e. The standard InChI is InChI=1S/C21H22BrN3O2/c22-17-6-5-14-2-1-3-18(10-15(14)9-17)24-21(27)23-12-13-4-7-19-16(8-13)11-20(26)25-19/h4-9,18H,1-3,10-12H2,(H,25,26)(H2,23,24,27). The Balaban J connectivity index is 1.33. The zero-order chi connectivity index (χ0) is 18.8. The number of carbonyl (C=O) groups excluding carboxylic acids is 2. The largest absolute Gasteiger partial charge is 0.335 e. The van der Waals surface area contributed by atoms with E-state index in [1.54, 1.807) is 0 Å². The summed E-state index contributed by atoms with van der Waals surface area (Å²) in [6, 6.07) is 12.2. The molecule has 140 valence electrons. The summed E-state index contributed by atoms with van der Waals surface area (Å²) in [4.78, 5) is 23.8. The lowest BCUT2D eigenvalue weighted by Gasteiger charge is -2.18. The van der Waals surface area contributed by atoms with Crippen LogP contribution in [0, 0.1) is 0 Å². The van der Waals surface area contributed by atoms with Crippen molar-refractivity contribution < 1.29 is 9.59 Å². The molecule has 2 aromatic carbocycles. The van der Waals surface area contributed by atoms with Gasteiger partial charge in [-0.05, 0) is 66.1 Å². The minimum Gasteiger partial charge on any atom is -0.335 e. The van der Waals surface area contributed by atoms with Gasteiger partial charge < -0.3 is 16.0 Å². The van der Waals surface area contributed by atoms with Crippen LogP contribution in [-0.4, -0.2) is 18.0 Å². The Morgan fingerprint density at radius 1 is 1.15 bits per heavy atom. The summed E-state index contributed by atoms with van der Waals surface area (Å²) in [5.74, 6) is 0.0214. The van der Waals surface area contributed by atoms with Crippen LogP contribution in [0.2, 0.25) is 0 Å². The third kappa shape index (κ3) is 4.33. The number of rotatable bonds is 3. The predicted octanol–water partition coefficient (Wildman–Crippen LogP) is 3.69. The topological polar surface area (TPSA) is 70.2 Å². The molecular weight excluding hydrogens is 406 g/mol. The van der Waals surface area contributed by atoms with Crippen LogP contribution < -0.4 is 16.0 Å². The van der Waals surface area contributed by atoms with Crippen molar-refractivity contribution in [3.05, 3.63) is 63.1 Å². The Morgan fingerprint density at radius 2 is 2.04 bits per heavy atom. The van der Waals surface area contributed by atoms with Crippen molar-refractivity contribution in [3.8, 4) is 0 Å². The van der Waals surface area contributed by atoms with Crippen molar-refractivity contribution in [1.82, 2.24) is 10.6 Å². The summed E-state index contributed by atoms with van der Waals surface area (Å²) >= 11 is 3.54. The fraction of sp³-hybridized carbons (Fsp3) is 0.333. The number of amides is 3. The zero-order valence-corrected chi connectivity index (χ0v) is 16.6. The zero-order valence-electron chi connectivity index (χ0n) is 15.0. The van der Waals surface area contributed by atoms with Crippen LogP contribution in [0.3, 0.4) is 0 Å². The van der Waals surface area contributed by atoms with E-state index in [1.165, 1.54) is 11.1 Å². The highest BCUT2D eigenvalue weighted by molar-refractivity contribution is 9.10. The molecule has 2 aromatic rings. The molecule has 0 saturated carbocycles. The number of fused-ring (bicyclic) bond motifs is 2. The molecule has 1 atom stereocenters. The highest BCUT2D eigenvalue weighted by Gasteiger charge is 2.20.